The molecule has 5 N–H and O–H groups in total. The van der Waals surface area contributed by atoms with Gasteiger partial charge in [-0.2, -0.15) is 0 Å². The van der Waals surface area contributed by atoms with E-state index in [1.54, 1.807) is 18.2 Å². The van der Waals surface area contributed by atoms with Gasteiger partial charge in [0, 0.05) is 17.4 Å². The number of nitrogens with one attached hydrogen (secondary N) is 1. The highest BCUT2D eigenvalue weighted by Gasteiger charge is 2.24. The quantitative estimate of drug-likeness (QED) is 0.695. The minimum atomic E-state index is -0.423. The summed E-state index contributed by atoms with van der Waals surface area (Å²) < 4.78 is 0. The van der Waals surface area contributed by atoms with E-state index in [0.717, 1.165) is 5.69 Å². The molecule has 1 amide bonds. The van der Waals surface area contributed by atoms with Gasteiger partial charge >= 0.3 is 0 Å². The van der Waals surface area contributed by atoms with Crippen LogP contribution in [0.2, 0.25) is 0 Å². The Labute approximate surface area is 101 Å². The van der Waals surface area contributed by atoms with Gasteiger partial charge in [-0.25, -0.2) is 0 Å². The lowest BCUT2D eigenvalue weighted by molar-refractivity contribution is 0.100. The number of carbonyl (C=O) groups is 1. The van der Waals surface area contributed by atoms with Crippen molar-refractivity contribution < 1.29 is 4.79 Å². The molecule has 0 bridgehead atoms. The first-order valence-electron chi connectivity index (χ1n) is 6.04. The molecular formula is C13H19N3O. The molecule has 1 aromatic rings. The van der Waals surface area contributed by atoms with Crippen molar-refractivity contribution in [3.05, 3.63) is 23.8 Å². The van der Waals surface area contributed by atoms with E-state index in [1.807, 2.05) is 0 Å². The first-order chi connectivity index (χ1) is 8.08. The Morgan fingerprint density at radius 3 is 2.71 bits per heavy atom. The highest BCUT2D eigenvalue weighted by atomic mass is 16.1. The van der Waals surface area contributed by atoms with Gasteiger partial charge < -0.3 is 16.8 Å². The van der Waals surface area contributed by atoms with Crippen LogP contribution in [0.25, 0.3) is 0 Å². The van der Waals surface area contributed by atoms with Crippen LogP contribution < -0.4 is 16.8 Å². The second kappa shape index (κ2) is 4.65. The van der Waals surface area contributed by atoms with E-state index in [4.69, 9.17) is 11.5 Å². The van der Waals surface area contributed by atoms with Crippen molar-refractivity contribution in [3.8, 4) is 0 Å². The van der Waals surface area contributed by atoms with Crippen molar-refractivity contribution in [3.63, 3.8) is 0 Å². The van der Waals surface area contributed by atoms with Crippen molar-refractivity contribution in [1.82, 2.24) is 0 Å². The van der Waals surface area contributed by atoms with Crippen LogP contribution in [0.4, 0.5) is 11.4 Å². The number of hydrogen-bond donors (Lipinski definition) is 3. The Bertz CT molecular complexity index is 427. The largest absolute Gasteiger partial charge is 0.399 e. The van der Waals surface area contributed by atoms with Gasteiger partial charge in [-0.3, -0.25) is 4.79 Å². The molecule has 92 valence electrons. The summed E-state index contributed by atoms with van der Waals surface area (Å²) in [6, 6.07) is 5.49. The van der Waals surface area contributed by atoms with Gasteiger partial charge in [-0.05, 0) is 43.9 Å². The first kappa shape index (κ1) is 11.8. The average Bonchev–Trinajstić information content (AvgIpc) is 2.13. The normalized spacial score (nSPS) is 17.2. The van der Waals surface area contributed by atoms with Gasteiger partial charge in [0.05, 0.1) is 5.56 Å². The number of nitrogen functional groups attached to an aromatic ring is 1. The van der Waals surface area contributed by atoms with Gasteiger partial charge in [-0.1, -0.05) is 6.42 Å². The highest BCUT2D eigenvalue weighted by Crippen LogP contribution is 2.32. The molecular weight excluding hydrogens is 214 g/mol. The molecule has 1 aromatic carbocycles. The molecule has 0 radical (unpaired) electrons. The van der Waals surface area contributed by atoms with Crippen LogP contribution in [0.5, 0.6) is 0 Å². The third kappa shape index (κ3) is 2.52. The Balaban J connectivity index is 2.17. The summed E-state index contributed by atoms with van der Waals surface area (Å²) in [7, 11) is 0. The molecule has 1 atom stereocenters. The summed E-state index contributed by atoms with van der Waals surface area (Å²) >= 11 is 0. The third-order valence-corrected chi connectivity index (χ3v) is 3.55. The molecule has 1 aliphatic carbocycles. The first-order valence-corrected chi connectivity index (χ1v) is 6.04. The molecule has 17 heavy (non-hydrogen) atoms. The fourth-order valence-corrected chi connectivity index (χ4v) is 2.20. The number of benzene rings is 1. The Morgan fingerprint density at radius 2 is 2.18 bits per heavy atom. The Kier molecular flexibility index (Phi) is 3.22. The van der Waals surface area contributed by atoms with Crippen LogP contribution >= 0.6 is 0 Å². The number of hydrogen-bond acceptors (Lipinski definition) is 3. The molecule has 1 fully saturated rings. The van der Waals surface area contributed by atoms with E-state index in [2.05, 4.69) is 12.2 Å². The predicted molar refractivity (Wildman–Crippen MR) is 69.8 cm³/mol. The summed E-state index contributed by atoms with van der Waals surface area (Å²) in [6.45, 7) is 2.14. The van der Waals surface area contributed by atoms with Crippen molar-refractivity contribution in [2.24, 2.45) is 11.7 Å². The van der Waals surface area contributed by atoms with Crippen molar-refractivity contribution in [1.29, 1.82) is 0 Å². The molecule has 0 heterocycles. The lowest BCUT2D eigenvalue weighted by Gasteiger charge is -2.33. The maximum absolute atomic E-state index is 11.3. The molecule has 1 saturated carbocycles. The van der Waals surface area contributed by atoms with Gasteiger partial charge in [0.15, 0.2) is 0 Å². The van der Waals surface area contributed by atoms with Crippen LogP contribution in [-0.4, -0.2) is 11.9 Å². The van der Waals surface area contributed by atoms with E-state index in [9.17, 15) is 4.79 Å². The highest BCUT2D eigenvalue weighted by molar-refractivity contribution is 5.99. The second-order valence-electron chi connectivity index (χ2n) is 4.79. The lowest BCUT2D eigenvalue weighted by Crippen LogP contribution is -2.31. The molecule has 0 aliphatic heterocycles. The van der Waals surface area contributed by atoms with E-state index >= 15 is 0 Å². The van der Waals surface area contributed by atoms with Gasteiger partial charge in [0.1, 0.15) is 0 Å². The number of carbonyl (C=O) groups excluding carboxylic acids is 1. The molecule has 1 aliphatic rings. The zero-order valence-electron chi connectivity index (χ0n) is 10.1. The standard InChI is InChI=1S/C13H19N3O/c1-8(9-3-2-4-9)16-12-7-10(14)5-6-11(12)13(15)17/h5-9,16H,2-4,14H2,1H3,(H2,15,17). The summed E-state index contributed by atoms with van der Waals surface area (Å²) in [4.78, 5) is 11.3. The molecule has 4 nitrogen and oxygen atoms in total. The molecule has 0 aromatic heterocycles. The SMILES string of the molecule is CC(Nc1cc(N)ccc1C(N)=O)C1CCC1. The number of nitrogens with two attached hydrogens (primary N) is 2. The van der Waals surface area contributed by atoms with Crippen molar-refractivity contribution in [2.45, 2.75) is 32.2 Å². The molecule has 4 heteroatoms. The van der Waals surface area contributed by atoms with E-state index < -0.39 is 5.91 Å². The lowest BCUT2D eigenvalue weighted by atomic mass is 9.80. The third-order valence-electron chi connectivity index (χ3n) is 3.55. The predicted octanol–water partition coefficient (Wildman–Crippen LogP) is 1.97. The Hall–Kier alpha value is -1.71. The molecule has 1 unspecified atom stereocenters. The zero-order valence-corrected chi connectivity index (χ0v) is 10.1. The summed E-state index contributed by atoms with van der Waals surface area (Å²) in [6.07, 6.45) is 3.81. The summed E-state index contributed by atoms with van der Waals surface area (Å²) in [5.74, 6) is 0.269. The van der Waals surface area contributed by atoms with Gasteiger partial charge in [0.2, 0.25) is 0 Å². The van der Waals surface area contributed by atoms with Crippen LogP contribution in [0, 0.1) is 5.92 Å². The van der Waals surface area contributed by atoms with E-state index in [1.165, 1.54) is 19.3 Å². The smallest absolute Gasteiger partial charge is 0.250 e. The maximum atomic E-state index is 11.3. The zero-order chi connectivity index (χ0) is 12.4. The summed E-state index contributed by atoms with van der Waals surface area (Å²) in [5, 5.41) is 3.35. The van der Waals surface area contributed by atoms with Crippen LogP contribution in [0.1, 0.15) is 36.5 Å². The van der Waals surface area contributed by atoms with Crippen LogP contribution in [0.3, 0.4) is 0 Å². The fourth-order valence-electron chi connectivity index (χ4n) is 2.20. The van der Waals surface area contributed by atoms with Gasteiger partial charge in [0.25, 0.3) is 5.91 Å². The number of primary amides is 1. The topological polar surface area (TPSA) is 81.1 Å². The molecule has 0 saturated heterocycles. The van der Waals surface area contributed by atoms with Crippen LogP contribution in [-0.2, 0) is 0 Å². The van der Waals surface area contributed by atoms with Crippen molar-refractivity contribution >= 4 is 17.3 Å². The molecule has 2 rings (SSSR count). The summed E-state index contributed by atoms with van der Waals surface area (Å²) in [5.41, 5.74) is 13.0. The average molecular weight is 233 g/mol. The van der Waals surface area contributed by atoms with Crippen molar-refractivity contribution in [2.75, 3.05) is 11.1 Å². The maximum Gasteiger partial charge on any atom is 0.250 e. The minimum absolute atomic E-state index is 0.351. The van der Waals surface area contributed by atoms with E-state index in [0.29, 0.717) is 23.2 Å². The van der Waals surface area contributed by atoms with Gasteiger partial charge in [-0.15, -0.1) is 0 Å². The number of rotatable bonds is 4. The van der Waals surface area contributed by atoms with E-state index in [-0.39, 0.29) is 0 Å². The number of anilines is 2. The minimum Gasteiger partial charge on any atom is -0.399 e. The second-order valence-corrected chi connectivity index (χ2v) is 4.79. The molecule has 0 spiro atoms. The Morgan fingerprint density at radius 1 is 1.47 bits per heavy atom. The monoisotopic (exact) mass is 233 g/mol. The fraction of sp³-hybridized carbons (Fsp3) is 0.462. The number of amides is 1. The van der Waals surface area contributed by atoms with Crippen LogP contribution in [0.15, 0.2) is 18.2 Å².